The molecule has 1 rings (SSSR count). The predicted octanol–water partition coefficient (Wildman–Crippen LogP) is 2.78. The molecule has 0 bridgehead atoms. The standard InChI is InChI=1S/C10H14O.C2H4O2/c1-10(2,3)8-4-6-9(11)7-5-8;1-2(3)4/h4-7,11H,1-3H3;1H3,(H,3,4). The number of phenols is 1. The third kappa shape index (κ3) is 6.55. The fraction of sp³-hybridized carbons (Fsp3) is 0.417. The highest BCUT2D eigenvalue weighted by atomic mass is 16.4. The molecule has 0 aromatic heterocycles. The molecule has 0 saturated carbocycles. The van der Waals surface area contributed by atoms with Crippen molar-refractivity contribution in [2.24, 2.45) is 0 Å². The lowest BCUT2D eigenvalue weighted by Crippen LogP contribution is -2.10. The van der Waals surface area contributed by atoms with Gasteiger partial charge in [0.15, 0.2) is 0 Å². The molecule has 1 aromatic rings. The molecule has 0 fully saturated rings. The summed E-state index contributed by atoms with van der Waals surface area (Å²) in [6.45, 7) is 7.54. The third-order valence-corrected chi connectivity index (χ3v) is 1.73. The zero-order valence-corrected chi connectivity index (χ0v) is 9.61. The molecule has 0 aliphatic carbocycles. The molecule has 0 atom stereocenters. The number of benzene rings is 1. The molecule has 0 radical (unpaired) electrons. The Kier molecular flexibility index (Phi) is 4.85. The van der Waals surface area contributed by atoms with Crippen molar-refractivity contribution in [3.05, 3.63) is 29.8 Å². The molecule has 3 heteroatoms. The van der Waals surface area contributed by atoms with E-state index in [1.54, 1.807) is 12.1 Å². The number of rotatable bonds is 0. The number of aromatic hydroxyl groups is 1. The summed E-state index contributed by atoms with van der Waals surface area (Å²) in [4.78, 5) is 9.00. The molecule has 0 amide bonds. The van der Waals surface area contributed by atoms with Gasteiger partial charge in [-0.2, -0.15) is 0 Å². The summed E-state index contributed by atoms with van der Waals surface area (Å²) in [7, 11) is 0. The fourth-order valence-corrected chi connectivity index (χ4v) is 0.961. The highest BCUT2D eigenvalue weighted by Crippen LogP contribution is 2.23. The van der Waals surface area contributed by atoms with Crippen molar-refractivity contribution in [1.29, 1.82) is 0 Å². The van der Waals surface area contributed by atoms with Gasteiger partial charge in [-0.05, 0) is 23.1 Å². The first kappa shape index (κ1) is 13.5. The molecule has 84 valence electrons. The highest BCUT2D eigenvalue weighted by molar-refractivity contribution is 5.62. The Bertz CT molecular complexity index is 303. The van der Waals surface area contributed by atoms with Gasteiger partial charge in [0.2, 0.25) is 0 Å². The lowest BCUT2D eigenvalue weighted by Gasteiger charge is -2.18. The summed E-state index contributed by atoms with van der Waals surface area (Å²) in [5.74, 6) is -0.502. The number of hydrogen-bond donors (Lipinski definition) is 2. The molecule has 0 heterocycles. The van der Waals surface area contributed by atoms with Gasteiger partial charge >= 0.3 is 0 Å². The number of hydrogen-bond acceptors (Lipinski definition) is 2. The van der Waals surface area contributed by atoms with Crippen LogP contribution in [0.5, 0.6) is 5.75 Å². The van der Waals surface area contributed by atoms with Crippen LogP contribution in [0.3, 0.4) is 0 Å². The molecule has 0 spiro atoms. The quantitative estimate of drug-likeness (QED) is 0.692. The maximum atomic E-state index is 9.02. The van der Waals surface area contributed by atoms with E-state index in [2.05, 4.69) is 20.8 Å². The normalized spacial score (nSPS) is 10.1. The topological polar surface area (TPSA) is 57.5 Å². The van der Waals surface area contributed by atoms with Gasteiger partial charge in [-0.1, -0.05) is 32.9 Å². The Morgan fingerprint density at radius 1 is 1.13 bits per heavy atom. The highest BCUT2D eigenvalue weighted by Gasteiger charge is 2.12. The number of carbonyl (C=O) groups is 1. The van der Waals surface area contributed by atoms with Gasteiger partial charge in [0.25, 0.3) is 5.97 Å². The zero-order valence-electron chi connectivity index (χ0n) is 9.61. The monoisotopic (exact) mass is 210 g/mol. The summed E-state index contributed by atoms with van der Waals surface area (Å²) in [5.41, 5.74) is 1.42. The van der Waals surface area contributed by atoms with Crippen LogP contribution in [0.15, 0.2) is 24.3 Å². The van der Waals surface area contributed by atoms with Crippen LogP contribution < -0.4 is 0 Å². The number of carboxylic acid groups (broad SMARTS) is 1. The largest absolute Gasteiger partial charge is 0.508 e. The lowest BCUT2D eigenvalue weighted by molar-refractivity contribution is -0.134. The van der Waals surface area contributed by atoms with Crippen LogP contribution in [0.4, 0.5) is 0 Å². The van der Waals surface area contributed by atoms with Gasteiger partial charge < -0.3 is 10.2 Å². The van der Waals surface area contributed by atoms with Crippen molar-refractivity contribution in [2.45, 2.75) is 33.1 Å². The van der Waals surface area contributed by atoms with Gasteiger partial charge in [0.1, 0.15) is 5.75 Å². The predicted molar refractivity (Wildman–Crippen MR) is 60.1 cm³/mol. The smallest absolute Gasteiger partial charge is 0.300 e. The fourth-order valence-electron chi connectivity index (χ4n) is 0.961. The lowest BCUT2D eigenvalue weighted by atomic mass is 9.87. The van der Waals surface area contributed by atoms with Gasteiger partial charge in [-0.15, -0.1) is 0 Å². The van der Waals surface area contributed by atoms with E-state index in [-0.39, 0.29) is 5.41 Å². The molecule has 0 unspecified atom stereocenters. The first-order valence-corrected chi connectivity index (χ1v) is 4.72. The van der Waals surface area contributed by atoms with Crippen molar-refractivity contribution in [3.63, 3.8) is 0 Å². The van der Waals surface area contributed by atoms with Crippen LogP contribution in [-0.4, -0.2) is 16.2 Å². The van der Waals surface area contributed by atoms with Gasteiger partial charge in [0, 0.05) is 6.92 Å². The minimum atomic E-state index is -0.833. The second-order valence-corrected chi connectivity index (χ2v) is 4.32. The van der Waals surface area contributed by atoms with Gasteiger partial charge in [0.05, 0.1) is 0 Å². The van der Waals surface area contributed by atoms with Crippen molar-refractivity contribution in [2.75, 3.05) is 0 Å². The van der Waals surface area contributed by atoms with E-state index in [4.69, 9.17) is 15.0 Å². The Morgan fingerprint density at radius 3 is 1.73 bits per heavy atom. The minimum absolute atomic E-state index is 0.174. The average Bonchev–Trinajstić information content (AvgIpc) is 2.01. The Labute approximate surface area is 90.4 Å². The second kappa shape index (κ2) is 5.39. The zero-order chi connectivity index (χ0) is 12.1. The van der Waals surface area contributed by atoms with E-state index < -0.39 is 5.97 Å². The second-order valence-electron chi connectivity index (χ2n) is 4.32. The van der Waals surface area contributed by atoms with Crippen LogP contribution >= 0.6 is 0 Å². The number of phenolic OH excluding ortho intramolecular Hbond substituents is 1. The first-order valence-electron chi connectivity index (χ1n) is 4.72. The van der Waals surface area contributed by atoms with Crippen LogP contribution in [0, 0.1) is 0 Å². The van der Waals surface area contributed by atoms with E-state index in [1.165, 1.54) is 5.56 Å². The molecular formula is C12H18O3. The van der Waals surface area contributed by atoms with Crippen molar-refractivity contribution in [1.82, 2.24) is 0 Å². The van der Waals surface area contributed by atoms with Crippen LogP contribution in [0.2, 0.25) is 0 Å². The number of carboxylic acids is 1. The maximum Gasteiger partial charge on any atom is 0.300 e. The van der Waals surface area contributed by atoms with E-state index in [0.717, 1.165) is 6.92 Å². The molecule has 3 nitrogen and oxygen atoms in total. The number of aliphatic carboxylic acids is 1. The van der Waals surface area contributed by atoms with Crippen LogP contribution in [-0.2, 0) is 10.2 Å². The van der Waals surface area contributed by atoms with Crippen molar-refractivity contribution in [3.8, 4) is 5.75 Å². The van der Waals surface area contributed by atoms with E-state index in [1.807, 2.05) is 12.1 Å². The van der Waals surface area contributed by atoms with E-state index in [0.29, 0.717) is 5.75 Å². The molecular weight excluding hydrogens is 192 g/mol. The third-order valence-electron chi connectivity index (χ3n) is 1.73. The molecule has 15 heavy (non-hydrogen) atoms. The Morgan fingerprint density at radius 2 is 1.47 bits per heavy atom. The summed E-state index contributed by atoms with van der Waals surface area (Å²) < 4.78 is 0. The molecule has 1 aromatic carbocycles. The Balaban J connectivity index is 0.000000423. The maximum absolute atomic E-state index is 9.02. The van der Waals surface area contributed by atoms with Crippen molar-refractivity contribution >= 4 is 5.97 Å². The average molecular weight is 210 g/mol. The molecule has 2 N–H and O–H groups in total. The molecule has 0 aliphatic heterocycles. The summed E-state index contributed by atoms with van der Waals surface area (Å²) in [6.07, 6.45) is 0. The summed E-state index contributed by atoms with van der Waals surface area (Å²) >= 11 is 0. The van der Waals surface area contributed by atoms with E-state index >= 15 is 0 Å². The SMILES string of the molecule is CC(=O)O.CC(C)(C)c1ccc(O)cc1. The molecule has 0 saturated heterocycles. The van der Waals surface area contributed by atoms with Gasteiger partial charge in [-0.25, -0.2) is 0 Å². The van der Waals surface area contributed by atoms with Crippen LogP contribution in [0.1, 0.15) is 33.3 Å². The molecule has 0 aliphatic rings. The summed E-state index contributed by atoms with van der Waals surface area (Å²) in [6, 6.07) is 7.35. The first-order chi connectivity index (χ1) is 6.73. The van der Waals surface area contributed by atoms with Crippen LogP contribution in [0.25, 0.3) is 0 Å². The minimum Gasteiger partial charge on any atom is -0.508 e. The van der Waals surface area contributed by atoms with E-state index in [9.17, 15) is 0 Å². The Hall–Kier alpha value is -1.51. The van der Waals surface area contributed by atoms with Gasteiger partial charge in [-0.3, -0.25) is 4.79 Å². The van der Waals surface area contributed by atoms with Crippen molar-refractivity contribution < 1.29 is 15.0 Å². The summed E-state index contributed by atoms with van der Waals surface area (Å²) in [5, 5.41) is 16.4.